The molecule has 1 aromatic rings. The SMILES string of the molecule is CCNc1nc(C2CCCCS2)nc(C(C)C)c1Br. The van der Waals surface area contributed by atoms with E-state index < -0.39 is 0 Å². The number of thioether (sulfide) groups is 1. The van der Waals surface area contributed by atoms with Gasteiger partial charge in [-0.05, 0) is 47.4 Å². The highest BCUT2D eigenvalue weighted by atomic mass is 79.9. The highest BCUT2D eigenvalue weighted by Gasteiger charge is 2.22. The first-order chi connectivity index (χ1) is 9.13. The molecule has 0 aromatic carbocycles. The van der Waals surface area contributed by atoms with Crippen LogP contribution < -0.4 is 5.32 Å². The van der Waals surface area contributed by atoms with Crippen molar-refractivity contribution in [3.63, 3.8) is 0 Å². The third-order valence-corrected chi connectivity index (χ3v) is 5.41. The summed E-state index contributed by atoms with van der Waals surface area (Å²) < 4.78 is 1.02. The van der Waals surface area contributed by atoms with Crippen molar-refractivity contribution in [2.45, 2.75) is 51.2 Å². The fourth-order valence-electron chi connectivity index (χ4n) is 2.24. The zero-order chi connectivity index (χ0) is 13.8. The minimum atomic E-state index is 0.405. The first kappa shape index (κ1) is 15.1. The number of hydrogen-bond donors (Lipinski definition) is 1. The van der Waals surface area contributed by atoms with Gasteiger partial charge in [-0.25, -0.2) is 9.97 Å². The summed E-state index contributed by atoms with van der Waals surface area (Å²) in [7, 11) is 0. The normalized spacial score (nSPS) is 19.7. The second-order valence-electron chi connectivity index (χ2n) is 5.17. The van der Waals surface area contributed by atoms with E-state index in [2.05, 4.69) is 42.0 Å². The van der Waals surface area contributed by atoms with Gasteiger partial charge in [0, 0.05) is 6.54 Å². The number of anilines is 1. The molecule has 2 rings (SSSR count). The second kappa shape index (κ2) is 6.93. The Labute approximate surface area is 128 Å². The summed E-state index contributed by atoms with van der Waals surface area (Å²) >= 11 is 5.65. The third kappa shape index (κ3) is 3.63. The fourth-order valence-corrected chi connectivity index (χ4v) is 4.26. The minimum Gasteiger partial charge on any atom is -0.369 e. The van der Waals surface area contributed by atoms with E-state index in [-0.39, 0.29) is 0 Å². The van der Waals surface area contributed by atoms with E-state index in [0.717, 1.165) is 28.4 Å². The van der Waals surface area contributed by atoms with E-state index in [1.807, 2.05) is 11.8 Å². The number of nitrogens with zero attached hydrogens (tertiary/aromatic N) is 2. The Morgan fingerprint density at radius 1 is 1.37 bits per heavy atom. The maximum Gasteiger partial charge on any atom is 0.144 e. The second-order valence-corrected chi connectivity index (χ2v) is 7.27. The Morgan fingerprint density at radius 2 is 2.16 bits per heavy atom. The third-order valence-electron chi connectivity index (χ3n) is 3.25. The van der Waals surface area contributed by atoms with Crippen LogP contribution in [0.15, 0.2) is 4.47 Å². The van der Waals surface area contributed by atoms with Gasteiger partial charge in [0.1, 0.15) is 11.6 Å². The average Bonchev–Trinajstić information content (AvgIpc) is 2.42. The Morgan fingerprint density at radius 3 is 2.74 bits per heavy atom. The van der Waals surface area contributed by atoms with Crippen LogP contribution in [-0.2, 0) is 0 Å². The lowest BCUT2D eigenvalue weighted by atomic mass is 10.1. The van der Waals surface area contributed by atoms with Crippen LogP contribution in [0.1, 0.15) is 62.7 Å². The molecule has 1 aliphatic rings. The van der Waals surface area contributed by atoms with Crippen LogP contribution in [0.5, 0.6) is 0 Å². The molecule has 1 aromatic heterocycles. The van der Waals surface area contributed by atoms with E-state index in [4.69, 9.17) is 9.97 Å². The molecule has 106 valence electrons. The average molecular weight is 344 g/mol. The molecule has 3 nitrogen and oxygen atoms in total. The van der Waals surface area contributed by atoms with Gasteiger partial charge in [-0.3, -0.25) is 0 Å². The van der Waals surface area contributed by atoms with Crippen LogP contribution in [0.4, 0.5) is 5.82 Å². The highest BCUT2D eigenvalue weighted by Crippen LogP contribution is 2.39. The van der Waals surface area contributed by atoms with Gasteiger partial charge in [-0.15, -0.1) is 0 Å². The van der Waals surface area contributed by atoms with Crippen LogP contribution in [0, 0.1) is 0 Å². The van der Waals surface area contributed by atoms with Gasteiger partial charge < -0.3 is 5.32 Å². The van der Waals surface area contributed by atoms with E-state index in [1.54, 1.807) is 0 Å². The Hall–Kier alpha value is -0.290. The first-order valence-electron chi connectivity index (χ1n) is 7.06. The molecule has 1 N–H and O–H groups in total. The molecule has 0 amide bonds. The molecule has 5 heteroatoms. The van der Waals surface area contributed by atoms with Crippen LogP contribution >= 0.6 is 27.7 Å². The van der Waals surface area contributed by atoms with Gasteiger partial charge in [0.05, 0.1) is 15.4 Å². The Kier molecular flexibility index (Phi) is 5.51. The Balaban J connectivity index is 2.36. The highest BCUT2D eigenvalue weighted by molar-refractivity contribution is 9.10. The maximum atomic E-state index is 4.82. The lowest BCUT2D eigenvalue weighted by Crippen LogP contribution is -2.12. The van der Waals surface area contributed by atoms with Gasteiger partial charge in [-0.1, -0.05) is 20.3 Å². The summed E-state index contributed by atoms with van der Waals surface area (Å²) in [5.41, 5.74) is 1.12. The molecule has 1 aliphatic heterocycles. The zero-order valence-corrected chi connectivity index (χ0v) is 14.3. The molecule has 2 heterocycles. The molecule has 0 saturated carbocycles. The van der Waals surface area contributed by atoms with Gasteiger partial charge in [0.25, 0.3) is 0 Å². The summed E-state index contributed by atoms with van der Waals surface area (Å²) in [5, 5.41) is 3.81. The predicted octanol–water partition coefficient (Wildman–Crippen LogP) is 4.75. The van der Waals surface area contributed by atoms with Gasteiger partial charge >= 0.3 is 0 Å². The van der Waals surface area contributed by atoms with Crippen molar-refractivity contribution in [3.8, 4) is 0 Å². The van der Waals surface area contributed by atoms with Crippen LogP contribution in [0.2, 0.25) is 0 Å². The van der Waals surface area contributed by atoms with Crippen LogP contribution in [0.25, 0.3) is 0 Å². The van der Waals surface area contributed by atoms with Gasteiger partial charge in [0.15, 0.2) is 0 Å². The number of rotatable bonds is 4. The van der Waals surface area contributed by atoms with Crippen molar-refractivity contribution in [2.24, 2.45) is 0 Å². The van der Waals surface area contributed by atoms with E-state index in [1.165, 1.54) is 25.0 Å². The maximum absolute atomic E-state index is 4.82. The van der Waals surface area contributed by atoms with Gasteiger partial charge in [-0.2, -0.15) is 11.8 Å². The van der Waals surface area contributed by atoms with Gasteiger partial charge in [0.2, 0.25) is 0 Å². The molecule has 1 saturated heterocycles. The Bertz CT molecular complexity index is 431. The van der Waals surface area contributed by atoms with E-state index >= 15 is 0 Å². The van der Waals surface area contributed by atoms with Crippen LogP contribution in [-0.4, -0.2) is 22.3 Å². The van der Waals surface area contributed by atoms with E-state index in [9.17, 15) is 0 Å². The smallest absolute Gasteiger partial charge is 0.144 e. The molecule has 0 bridgehead atoms. The number of hydrogen-bond acceptors (Lipinski definition) is 4. The summed E-state index contributed by atoms with van der Waals surface area (Å²) in [6, 6.07) is 0. The molecule has 0 spiro atoms. The topological polar surface area (TPSA) is 37.8 Å². The largest absolute Gasteiger partial charge is 0.369 e. The minimum absolute atomic E-state index is 0.405. The van der Waals surface area contributed by atoms with Crippen molar-refractivity contribution in [1.82, 2.24) is 9.97 Å². The number of aromatic nitrogens is 2. The van der Waals surface area contributed by atoms with Crippen molar-refractivity contribution < 1.29 is 0 Å². The summed E-state index contributed by atoms with van der Waals surface area (Å²) in [4.78, 5) is 9.56. The summed E-state index contributed by atoms with van der Waals surface area (Å²) in [6.45, 7) is 7.34. The summed E-state index contributed by atoms with van der Waals surface area (Å²) in [6.07, 6.45) is 3.83. The molecular weight excluding hydrogens is 322 g/mol. The van der Waals surface area contributed by atoms with Crippen molar-refractivity contribution in [2.75, 3.05) is 17.6 Å². The molecule has 0 radical (unpaired) electrons. The van der Waals surface area contributed by atoms with Crippen molar-refractivity contribution >= 4 is 33.5 Å². The van der Waals surface area contributed by atoms with Crippen molar-refractivity contribution in [1.29, 1.82) is 0 Å². The lowest BCUT2D eigenvalue weighted by molar-refractivity contribution is 0.653. The molecular formula is C14H22BrN3S. The van der Waals surface area contributed by atoms with Crippen LogP contribution in [0.3, 0.4) is 0 Å². The quantitative estimate of drug-likeness (QED) is 0.855. The lowest BCUT2D eigenvalue weighted by Gasteiger charge is -2.22. The number of nitrogens with one attached hydrogen (secondary N) is 1. The molecule has 0 aliphatic carbocycles. The fraction of sp³-hybridized carbons (Fsp3) is 0.714. The van der Waals surface area contributed by atoms with Crippen molar-refractivity contribution in [3.05, 3.63) is 16.0 Å². The molecule has 1 fully saturated rings. The number of halogens is 1. The monoisotopic (exact) mass is 343 g/mol. The standard InChI is InChI=1S/C14H22BrN3S/c1-4-16-14-11(15)12(9(2)3)17-13(18-14)10-7-5-6-8-19-10/h9-10H,4-8H2,1-3H3,(H,16,17,18). The molecule has 19 heavy (non-hydrogen) atoms. The van der Waals surface area contributed by atoms with E-state index in [0.29, 0.717) is 11.2 Å². The molecule has 1 atom stereocenters. The summed E-state index contributed by atoms with van der Waals surface area (Å²) in [5.74, 6) is 3.59. The first-order valence-corrected chi connectivity index (χ1v) is 8.90. The molecule has 1 unspecified atom stereocenters. The zero-order valence-electron chi connectivity index (χ0n) is 11.9. The predicted molar refractivity (Wildman–Crippen MR) is 87.0 cm³/mol.